The molecule has 1 amide bonds. The first-order valence-corrected chi connectivity index (χ1v) is 12.7. The number of likely N-dealkylation sites (N-methyl/N-ethyl adjacent to an activating group) is 1. The molecule has 0 spiro atoms. The Morgan fingerprint density at radius 1 is 1.19 bits per heavy atom. The summed E-state index contributed by atoms with van der Waals surface area (Å²) in [5, 5.41) is 0.181. The van der Waals surface area contributed by atoms with Gasteiger partial charge in [-0.3, -0.25) is 9.78 Å². The van der Waals surface area contributed by atoms with Gasteiger partial charge in [0.15, 0.2) is 0 Å². The fourth-order valence-corrected chi connectivity index (χ4v) is 6.54. The summed E-state index contributed by atoms with van der Waals surface area (Å²) < 4.78 is 33.7. The Kier molecular flexibility index (Phi) is 8.90. The number of benzene rings is 1. The molecule has 32 heavy (non-hydrogen) atoms. The first-order chi connectivity index (χ1) is 15.3. The standard InChI is InChI=1S/C22H27Cl2N3O4S/c1-2-26(14-17-9-11-25-12-10-17)21(28)16-31-15-18-6-3-4-13-27(18)32(29,30)22-19(23)7-5-8-20(22)24/h5,7-12,18H,2-4,6,13-16H2,1H3. The maximum atomic E-state index is 13.3. The highest BCUT2D eigenvalue weighted by molar-refractivity contribution is 7.89. The van der Waals surface area contributed by atoms with Crippen molar-refractivity contribution in [3.05, 3.63) is 58.3 Å². The van der Waals surface area contributed by atoms with Crippen molar-refractivity contribution in [1.29, 1.82) is 0 Å². The average Bonchev–Trinajstić information content (AvgIpc) is 2.78. The Hall–Kier alpha value is -1.71. The van der Waals surface area contributed by atoms with Crippen molar-refractivity contribution in [3.63, 3.8) is 0 Å². The fraction of sp³-hybridized carbons (Fsp3) is 0.455. The van der Waals surface area contributed by atoms with Crippen molar-refractivity contribution < 1.29 is 17.9 Å². The summed E-state index contributed by atoms with van der Waals surface area (Å²) in [5.41, 5.74) is 0.983. The molecule has 174 valence electrons. The van der Waals surface area contributed by atoms with Gasteiger partial charge in [0.2, 0.25) is 15.9 Å². The van der Waals surface area contributed by atoms with Crippen LogP contribution in [0, 0.1) is 0 Å². The molecule has 0 aliphatic carbocycles. The summed E-state index contributed by atoms with van der Waals surface area (Å²) in [5.74, 6) is -0.149. The highest BCUT2D eigenvalue weighted by atomic mass is 35.5. The van der Waals surface area contributed by atoms with Crippen molar-refractivity contribution in [3.8, 4) is 0 Å². The quantitative estimate of drug-likeness (QED) is 0.520. The molecule has 1 atom stereocenters. The molecule has 3 rings (SSSR count). The third-order valence-electron chi connectivity index (χ3n) is 5.45. The molecule has 0 radical (unpaired) electrons. The number of carbonyl (C=O) groups excluding carboxylic acids is 1. The predicted octanol–water partition coefficient (Wildman–Crippen LogP) is 4.00. The van der Waals surface area contributed by atoms with Crippen LogP contribution in [-0.4, -0.2) is 60.9 Å². The van der Waals surface area contributed by atoms with E-state index in [1.807, 2.05) is 19.1 Å². The van der Waals surface area contributed by atoms with E-state index in [0.717, 1.165) is 18.4 Å². The largest absolute Gasteiger partial charge is 0.370 e. The van der Waals surface area contributed by atoms with Crippen molar-refractivity contribution in [2.75, 3.05) is 26.3 Å². The van der Waals surface area contributed by atoms with Crippen LogP contribution in [0.1, 0.15) is 31.7 Å². The van der Waals surface area contributed by atoms with Gasteiger partial charge >= 0.3 is 0 Å². The fourth-order valence-electron chi connectivity index (χ4n) is 3.76. The number of aromatic nitrogens is 1. The van der Waals surface area contributed by atoms with Crippen LogP contribution < -0.4 is 0 Å². The van der Waals surface area contributed by atoms with Gasteiger partial charge < -0.3 is 9.64 Å². The van der Waals surface area contributed by atoms with Crippen molar-refractivity contribution in [2.24, 2.45) is 0 Å². The first kappa shape index (κ1) is 24.9. The van der Waals surface area contributed by atoms with E-state index in [0.29, 0.717) is 26.1 Å². The number of nitrogens with zero attached hydrogens (tertiary/aromatic N) is 3. The molecule has 1 aromatic heterocycles. The van der Waals surface area contributed by atoms with Gasteiger partial charge in [-0.2, -0.15) is 4.31 Å². The zero-order valence-corrected chi connectivity index (χ0v) is 20.2. The van der Waals surface area contributed by atoms with E-state index < -0.39 is 10.0 Å². The Balaban J connectivity index is 1.63. The number of hydrogen-bond donors (Lipinski definition) is 0. The number of amides is 1. The minimum Gasteiger partial charge on any atom is -0.370 e. The third-order valence-corrected chi connectivity index (χ3v) is 8.36. The van der Waals surface area contributed by atoms with Crippen LogP contribution in [0.3, 0.4) is 0 Å². The zero-order chi connectivity index (χ0) is 23.1. The van der Waals surface area contributed by atoms with Gasteiger partial charge in [0.1, 0.15) is 11.5 Å². The van der Waals surface area contributed by atoms with Gasteiger partial charge in [0, 0.05) is 38.1 Å². The Labute approximate surface area is 199 Å². The second kappa shape index (κ2) is 11.4. The van der Waals surface area contributed by atoms with Gasteiger partial charge in [-0.15, -0.1) is 0 Å². The molecular weight excluding hydrogens is 473 g/mol. The van der Waals surface area contributed by atoms with Gasteiger partial charge in [0.25, 0.3) is 0 Å². The second-order valence-electron chi connectivity index (χ2n) is 7.59. The molecule has 1 unspecified atom stereocenters. The lowest BCUT2D eigenvalue weighted by atomic mass is 10.1. The van der Waals surface area contributed by atoms with Gasteiger partial charge in [0.05, 0.1) is 16.7 Å². The van der Waals surface area contributed by atoms with E-state index >= 15 is 0 Å². The number of ether oxygens (including phenoxy) is 1. The molecular formula is C22H27Cl2N3O4S. The van der Waals surface area contributed by atoms with Crippen LogP contribution in [0.25, 0.3) is 0 Å². The predicted molar refractivity (Wildman–Crippen MR) is 124 cm³/mol. The monoisotopic (exact) mass is 499 g/mol. The van der Waals surface area contributed by atoms with E-state index in [1.54, 1.807) is 23.4 Å². The lowest BCUT2D eigenvalue weighted by molar-refractivity contribution is -0.137. The number of rotatable bonds is 9. The first-order valence-electron chi connectivity index (χ1n) is 10.5. The van der Waals surface area contributed by atoms with Crippen LogP contribution in [0.15, 0.2) is 47.6 Å². The SMILES string of the molecule is CCN(Cc1ccncc1)C(=O)COCC1CCCCN1S(=O)(=O)c1c(Cl)cccc1Cl. The Morgan fingerprint density at radius 2 is 1.88 bits per heavy atom. The third kappa shape index (κ3) is 5.99. The number of hydrogen-bond acceptors (Lipinski definition) is 5. The number of carbonyl (C=O) groups is 1. The number of piperidine rings is 1. The number of halogens is 2. The second-order valence-corrected chi connectivity index (χ2v) is 10.2. The molecule has 10 heteroatoms. The molecule has 0 bridgehead atoms. The lowest BCUT2D eigenvalue weighted by Gasteiger charge is -2.35. The summed E-state index contributed by atoms with van der Waals surface area (Å²) in [6.07, 6.45) is 5.64. The molecule has 0 saturated carbocycles. The van der Waals surface area contributed by atoms with Crippen molar-refractivity contribution >= 4 is 39.1 Å². The van der Waals surface area contributed by atoms with E-state index in [9.17, 15) is 13.2 Å². The van der Waals surface area contributed by atoms with E-state index in [1.165, 1.54) is 16.4 Å². The topological polar surface area (TPSA) is 79.8 Å². The van der Waals surface area contributed by atoms with Gasteiger partial charge in [-0.25, -0.2) is 8.42 Å². The molecule has 7 nitrogen and oxygen atoms in total. The summed E-state index contributed by atoms with van der Waals surface area (Å²) in [6.45, 7) is 3.28. The molecule has 1 fully saturated rings. The highest BCUT2D eigenvalue weighted by Crippen LogP contribution is 2.34. The molecule has 0 N–H and O–H groups in total. The molecule has 1 aromatic carbocycles. The molecule has 1 saturated heterocycles. The Morgan fingerprint density at radius 3 is 2.53 bits per heavy atom. The summed E-state index contributed by atoms with van der Waals surface area (Å²) in [4.78, 5) is 18.2. The molecule has 2 aromatic rings. The van der Waals surface area contributed by atoms with Gasteiger partial charge in [-0.05, 0) is 49.6 Å². The normalized spacial score (nSPS) is 17.3. The van der Waals surface area contributed by atoms with Crippen molar-refractivity contribution in [2.45, 2.75) is 43.7 Å². The molecule has 1 aliphatic rings. The maximum Gasteiger partial charge on any atom is 0.248 e. The van der Waals surface area contributed by atoms with Gasteiger partial charge in [-0.1, -0.05) is 35.7 Å². The van der Waals surface area contributed by atoms with Crippen LogP contribution in [0.2, 0.25) is 10.0 Å². The number of pyridine rings is 1. The van der Waals surface area contributed by atoms with E-state index in [-0.39, 0.29) is 40.1 Å². The number of sulfonamides is 1. The van der Waals surface area contributed by atoms with Crippen LogP contribution in [0.5, 0.6) is 0 Å². The van der Waals surface area contributed by atoms with Crippen molar-refractivity contribution in [1.82, 2.24) is 14.2 Å². The van der Waals surface area contributed by atoms with Crippen LogP contribution in [0.4, 0.5) is 0 Å². The smallest absolute Gasteiger partial charge is 0.248 e. The summed E-state index contributed by atoms with van der Waals surface area (Å²) >= 11 is 12.3. The van der Waals surface area contributed by atoms with E-state index in [2.05, 4.69) is 4.98 Å². The maximum absolute atomic E-state index is 13.3. The zero-order valence-electron chi connectivity index (χ0n) is 17.9. The van der Waals surface area contributed by atoms with E-state index in [4.69, 9.17) is 27.9 Å². The molecule has 1 aliphatic heterocycles. The van der Waals surface area contributed by atoms with Crippen LogP contribution >= 0.6 is 23.2 Å². The van der Waals surface area contributed by atoms with Crippen LogP contribution in [-0.2, 0) is 26.1 Å². The minimum absolute atomic E-state index is 0.0826. The molecule has 2 heterocycles. The summed E-state index contributed by atoms with van der Waals surface area (Å²) in [6, 6.07) is 7.97. The highest BCUT2D eigenvalue weighted by Gasteiger charge is 2.36. The average molecular weight is 500 g/mol. The minimum atomic E-state index is -3.90. The summed E-state index contributed by atoms with van der Waals surface area (Å²) in [7, 11) is -3.90. The lowest BCUT2D eigenvalue weighted by Crippen LogP contribution is -2.46. The Bertz CT molecular complexity index is 1000.